The van der Waals surface area contributed by atoms with Crippen LogP contribution in [0, 0.1) is 6.92 Å². The highest BCUT2D eigenvalue weighted by molar-refractivity contribution is 5.79. The fraction of sp³-hybridized carbons (Fsp3) is 0.222. The number of benzene rings is 2. The van der Waals surface area contributed by atoms with E-state index in [2.05, 4.69) is 72.7 Å². The van der Waals surface area contributed by atoms with Gasteiger partial charge in [-0.15, -0.1) is 0 Å². The quantitative estimate of drug-likeness (QED) is 0.721. The van der Waals surface area contributed by atoms with Crippen molar-refractivity contribution in [1.29, 1.82) is 0 Å². The molecule has 2 N–H and O–H groups in total. The molecular weight excluding hydrogens is 244 g/mol. The minimum atomic E-state index is 0.356. The molecule has 102 valence electrons. The Bertz CT molecular complexity index is 695. The maximum atomic E-state index is 3.58. The van der Waals surface area contributed by atoms with E-state index in [1.165, 1.54) is 27.6 Å². The molecule has 1 heterocycles. The number of hydrogen-bond donors (Lipinski definition) is 2. The number of H-pyrrole nitrogens is 1. The van der Waals surface area contributed by atoms with Crippen molar-refractivity contribution >= 4 is 10.9 Å². The lowest BCUT2D eigenvalue weighted by Crippen LogP contribution is -2.17. The van der Waals surface area contributed by atoms with Crippen LogP contribution in [0.1, 0.15) is 29.7 Å². The Morgan fingerprint density at radius 2 is 1.85 bits per heavy atom. The number of aryl methyl sites for hydroxylation is 1. The van der Waals surface area contributed by atoms with Gasteiger partial charge in [0, 0.05) is 24.3 Å². The molecule has 0 bridgehead atoms. The Morgan fingerprint density at radius 1 is 1.05 bits per heavy atom. The van der Waals surface area contributed by atoms with Gasteiger partial charge in [0.2, 0.25) is 0 Å². The van der Waals surface area contributed by atoms with Gasteiger partial charge in [-0.05, 0) is 42.5 Å². The smallest absolute Gasteiger partial charge is 0.0457 e. The summed E-state index contributed by atoms with van der Waals surface area (Å²) in [5, 5.41) is 4.84. The van der Waals surface area contributed by atoms with Crippen LogP contribution in [-0.2, 0) is 6.54 Å². The highest BCUT2D eigenvalue weighted by atomic mass is 14.9. The molecule has 0 saturated carbocycles. The Kier molecular flexibility index (Phi) is 3.57. The Morgan fingerprint density at radius 3 is 2.65 bits per heavy atom. The average Bonchev–Trinajstić information content (AvgIpc) is 2.93. The van der Waals surface area contributed by atoms with E-state index in [0.717, 1.165) is 6.54 Å². The minimum absolute atomic E-state index is 0.356. The maximum Gasteiger partial charge on any atom is 0.0457 e. The molecule has 0 saturated heterocycles. The summed E-state index contributed by atoms with van der Waals surface area (Å²) in [5.41, 5.74) is 5.14. The first-order valence-electron chi connectivity index (χ1n) is 7.08. The van der Waals surface area contributed by atoms with E-state index in [1.54, 1.807) is 0 Å². The fourth-order valence-electron chi connectivity index (χ4n) is 2.45. The van der Waals surface area contributed by atoms with E-state index in [9.17, 15) is 0 Å². The lowest BCUT2D eigenvalue weighted by atomic mass is 10.1. The number of nitrogens with one attached hydrogen (secondary N) is 2. The van der Waals surface area contributed by atoms with Gasteiger partial charge < -0.3 is 10.3 Å². The molecule has 0 aliphatic rings. The number of aromatic nitrogens is 1. The van der Waals surface area contributed by atoms with Gasteiger partial charge in [0.15, 0.2) is 0 Å². The number of fused-ring (bicyclic) bond motifs is 1. The second kappa shape index (κ2) is 5.51. The van der Waals surface area contributed by atoms with Crippen LogP contribution in [0.4, 0.5) is 0 Å². The second-order valence-corrected chi connectivity index (χ2v) is 5.41. The standard InChI is InChI=1S/C18H20N2/c1-13-3-6-16(7-4-13)14(2)20-12-15-5-8-17-9-10-19-18(17)11-15/h3-11,14,19-20H,12H2,1-2H3/t14-/m1/s1. The molecule has 3 rings (SSSR count). The van der Waals surface area contributed by atoms with Gasteiger partial charge in [0.25, 0.3) is 0 Å². The zero-order valence-corrected chi connectivity index (χ0v) is 12.0. The van der Waals surface area contributed by atoms with Gasteiger partial charge in [0.1, 0.15) is 0 Å². The van der Waals surface area contributed by atoms with Crippen molar-refractivity contribution in [3.05, 3.63) is 71.4 Å². The van der Waals surface area contributed by atoms with Crippen LogP contribution in [0.25, 0.3) is 10.9 Å². The van der Waals surface area contributed by atoms with Crippen LogP contribution in [-0.4, -0.2) is 4.98 Å². The summed E-state index contributed by atoms with van der Waals surface area (Å²) in [5.74, 6) is 0. The largest absolute Gasteiger partial charge is 0.361 e. The molecule has 0 spiro atoms. The summed E-state index contributed by atoms with van der Waals surface area (Å²) in [6.45, 7) is 5.20. The van der Waals surface area contributed by atoms with Gasteiger partial charge in [-0.1, -0.05) is 42.0 Å². The second-order valence-electron chi connectivity index (χ2n) is 5.41. The lowest BCUT2D eigenvalue weighted by molar-refractivity contribution is 0.575. The summed E-state index contributed by atoms with van der Waals surface area (Å²) < 4.78 is 0. The van der Waals surface area contributed by atoms with Crippen LogP contribution in [0.2, 0.25) is 0 Å². The third-order valence-corrected chi connectivity index (χ3v) is 3.81. The average molecular weight is 264 g/mol. The first-order valence-corrected chi connectivity index (χ1v) is 7.08. The topological polar surface area (TPSA) is 27.8 Å². The van der Waals surface area contributed by atoms with E-state index >= 15 is 0 Å². The van der Waals surface area contributed by atoms with Gasteiger partial charge in [-0.2, -0.15) is 0 Å². The van der Waals surface area contributed by atoms with Crippen molar-refractivity contribution in [2.24, 2.45) is 0 Å². The van der Waals surface area contributed by atoms with Crippen LogP contribution in [0.3, 0.4) is 0 Å². The van der Waals surface area contributed by atoms with Crippen molar-refractivity contribution in [3.8, 4) is 0 Å². The summed E-state index contributed by atoms with van der Waals surface area (Å²) in [6, 6.07) is 17.7. The first-order chi connectivity index (χ1) is 9.72. The lowest BCUT2D eigenvalue weighted by Gasteiger charge is -2.14. The highest BCUT2D eigenvalue weighted by Crippen LogP contribution is 2.16. The van der Waals surface area contributed by atoms with Gasteiger partial charge in [-0.25, -0.2) is 0 Å². The summed E-state index contributed by atoms with van der Waals surface area (Å²) >= 11 is 0. The van der Waals surface area contributed by atoms with Crippen LogP contribution >= 0.6 is 0 Å². The molecule has 1 aromatic heterocycles. The van der Waals surface area contributed by atoms with E-state index in [-0.39, 0.29) is 0 Å². The van der Waals surface area contributed by atoms with Crippen molar-refractivity contribution in [1.82, 2.24) is 10.3 Å². The normalized spacial score (nSPS) is 12.7. The summed E-state index contributed by atoms with van der Waals surface area (Å²) in [6.07, 6.45) is 1.98. The SMILES string of the molecule is Cc1ccc([C@@H](C)NCc2ccc3cc[nH]c3c2)cc1. The Balaban J connectivity index is 1.67. The van der Waals surface area contributed by atoms with Gasteiger partial charge >= 0.3 is 0 Å². The summed E-state index contributed by atoms with van der Waals surface area (Å²) in [4.78, 5) is 3.26. The molecule has 20 heavy (non-hydrogen) atoms. The zero-order valence-electron chi connectivity index (χ0n) is 12.0. The third kappa shape index (κ3) is 2.75. The van der Waals surface area contributed by atoms with Crippen molar-refractivity contribution in [2.45, 2.75) is 26.4 Å². The predicted octanol–water partition coefficient (Wildman–Crippen LogP) is 4.33. The molecule has 2 aromatic carbocycles. The zero-order chi connectivity index (χ0) is 13.9. The molecule has 0 aliphatic heterocycles. The van der Waals surface area contributed by atoms with Crippen LogP contribution in [0.5, 0.6) is 0 Å². The minimum Gasteiger partial charge on any atom is -0.361 e. The van der Waals surface area contributed by atoms with Crippen LogP contribution in [0.15, 0.2) is 54.7 Å². The molecular formula is C18H20N2. The molecule has 0 radical (unpaired) electrons. The molecule has 1 atom stereocenters. The molecule has 0 aliphatic carbocycles. The highest BCUT2D eigenvalue weighted by Gasteiger charge is 2.05. The monoisotopic (exact) mass is 264 g/mol. The van der Waals surface area contributed by atoms with E-state index < -0.39 is 0 Å². The first kappa shape index (κ1) is 12.9. The third-order valence-electron chi connectivity index (χ3n) is 3.81. The molecule has 0 amide bonds. The van der Waals surface area contributed by atoms with Crippen molar-refractivity contribution in [3.63, 3.8) is 0 Å². The predicted molar refractivity (Wildman–Crippen MR) is 84.7 cm³/mol. The number of aromatic amines is 1. The maximum absolute atomic E-state index is 3.58. The summed E-state index contributed by atoms with van der Waals surface area (Å²) in [7, 11) is 0. The molecule has 3 aromatic rings. The van der Waals surface area contributed by atoms with E-state index in [1.807, 2.05) is 6.20 Å². The number of hydrogen-bond acceptors (Lipinski definition) is 1. The van der Waals surface area contributed by atoms with Crippen LogP contribution < -0.4 is 5.32 Å². The van der Waals surface area contributed by atoms with E-state index in [4.69, 9.17) is 0 Å². The molecule has 2 heteroatoms. The Hall–Kier alpha value is -2.06. The van der Waals surface area contributed by atoms with Crippen molar-refractivity contribution in [2.75, 3.05) is 0 Å². The molecule has 2 nitrogen and oxygen atoms in total. The molecule has 0 fully saturated rings. The number of rotatable bonds is 4. The molecule has 0 unspecified atom stereocenters. The van der Waals surface area contributed by atoms with Crippen molar-refractivity contribution < 1.29 is 0 Å². The van der Waals surface area contributed by atoms with Gasteiger partial charge in [-0.3, -0.25) is 0 Å². The fourth-order valence-corrected chi connectivity index (χ4v) is 2.45. The Labute approximate surface area is 119 Å². The van der Waals surface area contributed by atoms with Gasteiger partial charge in [0.05, 0.1) is 0 Å². The van der Waals surface area contributed by atoms with E-state index in [0.29, 0.717) is 6.04 Å².